The number of hydrogen-bond donors (Lipinski definition) is 1. The molecule has 1 amide bonds. The number of amides is 1. The highest BCUT2D eigenvalue weighted by atomic mass is 35.5. The third kappa shape index (κ3) is 5.38. The van der Waals surface area contributed by atoms with Crippen molar-refractivity contribution in [3.63, 3.8) is 0 Å². The van der Waals surface area contributed by atoms with Crippen molar-refractivity contribution >= 4 is 40.5 Å². The van der Waals surface area contributed by atoms with Crippen LogP contribution in [-0.4, -0.2) is 43.5 Å². The predicted octanol–water partition coefficient (Wildman–Crippen LogP) is 4.88. The minimum absolute atomic E-state index is 0.0234. The lowest BCUT2D eigenvalue weighted by Crippen LogP contribution is -2.48. The SMILES string of the molecule is CC(C)c1ccc(NC(=O)CN2CCN(c3ccc(Cl)c(Cl)c3)CC2)cc1. The lowest BCUT2D eigenvalue weighted by molar-refractivity contribution is -0.117. The van der Waals surface area contributed by atoms with Gasteiger partial charge in [-0.2, -0.15) is 0 Å². The van der Waals surface area contributed by atoms with E-state index in [4.69, 9.17) is 23.2 Å². The van der Waals surface area contributed by atoms with Crippen molar-refractivity contribution in [1.82, 2.24) is 4.90 Å². The molecule has 144 valence electrons. The molecule has 0 spiro atoms. The average molecular weight is 406 g/mol. The molecule has 1 aliphatic rings. The van der Waals surface area contributed by atoms with Gasteiger partial charge in [-0.25, -0.2) is 0 Å². The molecule has 0 unspecified atom stereocenters. The van der Waals surface area contributed by atoms with Crippen LogP contribution in [-0.2, 0) is 4.79 Å². The molecule has 0 radical (unpaired) electrons. The van der Waals surface area contributed by atoms with E-state index >= 15 is 0 Å². The fourth-order valence-electron chi connectivity index (χ4n) is 3.20. The second-order valence-corrected chi connectivity index (χ2v) is 8.00. The number of carbonyl (C=O) groups excluding carboxylic acids is 1. The first-order valence-corrected chi connectivity index (χ1v) is 10.00. The lowest BCUT2D eigenvalue weighted by atomic mass is 10.0. The largest absolute Gasteiger partial charge is 0.369 e. The van der Waals surface area contributed by atoms with E-state index in [1.165, 1.54) is 5.56 Å². The number of nitrogens with one attached hydrogen (secondary N) is 1. The van der Waals surface area contributed by atoms with Gasteiger partial charge in [0.1, 0.15) is 0 Å². The molecular formula is C21H25Cl2N3O. The molecule has 1 N–H and O–H groups in total. The van der Waals surface area contributed by atoms with Crippen LogP contribution in [0, 0.1) is 0 Å². The Hall–Kier alpha value is -1.75. The molecule has 27 heavy (non-hydrogen) atoms. The van der Waals surface area contributed by atoms with Gasteiger partial charge in [0, 0.05) is 37.6 Å². The minimum Gasteiger partial charge on any atom is -0.369 e. The van der Waals surface area contributed by atoms with Crippen LogP contribution < -0.4 is 10.2 Å². The number of piperazine rings is 1. The summed E-state index contributed by atoms with van der Waals surface area (Å²) < 4.78 is 0. The Labute approximate surface area is 171 Å². The zero-order valence-electron chi connectivity index (χ0n) is 15.7. The maximum atomic E-state index is 12.3. The second kappa shape index (κ2) is 8.96. The van der Waals surface area contributed by atoms with E-state index in [2.05, 4.69) is 41.1 Å². The topological polar surface area (TPSA) is 35.6 Å². The number of nitrogens with zero attached hydrogens (tertiary/aromatic N) is 2. The highest BCUT2D eigenvalue weighted by Crippen LogP contribution is 2.27. The number of halogens is 2. The van der Waals surface area contributed by atoms with Crippen LogP contribution >= 0.6 is 23.2 Å². The van der Waals surface area contributed by atoms with E-state index in [0.29, 0.717) is 22.5 Å². The summed E-state index contributed by atoms with van der Waals surface area (Å²) in [6, 6.07) is 13.8. The Morgan fingerprint density at radius 3 is 2.26 bits per heavy atom. The zero-order chi connectivity index (χ0) is 19.4. The second-order valence-electron chi connectivity index (χ2n) is 7.19. The molecule has 0 atom stereocenters. The van der Waals surface area contributed by atoms with Gasteiger partial charge in [0.05, 0.1) is 16.6 Å². The normalized spacial score (nSPS) is 15.2. The van der Waals surface area contributed by atoms with E-state index in [9.17, 15) is 4.79 Å². The fraction of sp³-hybridized carbons (Fsp3) is 0.381. The summed E-state index contributed by atoms with van der Waals surface area (Å²) in [5.74, 6) is 0.511. The molecule has 0 bridgehead atoms. The summed E-state index contributed by atoms with van der Waals surface area (Å²) in [6.07, 6.45) is 0. The van der Waals surface area contributed by atoms with Gasteiger partial charge < -0.3 is 10.2 Å². The summed E-state index contributed by atoms with van der Waals surface area (Å²) >= 11 is 12.1. The first kappa shape index (κ1) is 20.0. The first-order valence-electron chi connectivity index (χ1n) is 9.24. The monoisotopic (exact) mass is 405 g/mol. The van der Waals surface area contributed by atoms with Crippen molar-refractivity contribution in [1.29, 1.82) is 0 Å². The van der Waals surface area contributed by atoms with Crippen molar-refractivity contribution in [2.45, 2.75) is 19.8 Å². The van der Waals surface area contributed by atoms with Gasteiger partial charge in [-0.15, -0.1) is 0 Å². The molecule has 0 saturated carbocycles. The summed E-state index contributed by atoms with van der Waals surface area (Å²) in [5.41, 5.74) is 3.18. The standard InChI is InChI=1S/C21H25Cl2N3O/c1-15(2)16-3-5-17(6-4-16)24-21(27)14-25-9-11-26(12-10-25)18-7-8-19(22)20(23)13-18/h3-8,13,15H,9-12,14H2,1-2H3,(H,24,27). The number of benzene rings is 2. The van der Waals surface area contributed by atoms with Crippen LogP contribution in [0.3, 0.4) is 0 Å². The summed E-state index contributed by atoms with van der Waals surface area (Å²) in [6.45, 7) is 8.10. The van der Waals surface area contributed by atoms with Crippen LogP contribution in [0.1, 0.15) is 25.3 Å². The molecule has 4 nitrogen and oxygen atoms in total. The van der Waals surface area contributed by atoms with Gasteiger partial charge in [-0.3, -0.25) is 9.69 Å². The third-order valence-corrected chi connectivity index (χ3v) is 5.61. The number of anilines is 2. The molecule has 1 fully saturated rings. The van der Waals surface area contributed by atoms with E-state index in [-0.39, 0.29) is 5.91 Å². The van der Waals surface area contributed by atoms with Crippen molar-refractivity contribution in [3.8, 4) is 0 Å². The van der Waals surface area contributed by atoms with Gasteiger partial charge >= 0.3 is 0 Å². The quantitative estimate of drug-likeness (QED) is 0.769. The van der Waals surface area contributed by atoms with E-state index in [0.717, 1.165) is 37.6 Å². The summed E-state index contributed by atoms with van der Waals surface area (Å²) in [7, 11) is 0. The molecule has 6 heteroatoms. The van der Waals surface area contributed by atoms with Crippen molar-refractivity contribution < 1.29 is 4.79 Å². The maximum Gasteiger partial charge on any atom is 0.238 e. The molecule has 2 aromatic rings. The van der Waals surface area contributed by atoms with E-state index in [1.807, 2.05) is 30.3 Å². The van der Waals surface area contributed by atoms with Crippen LogP contribution in [0.5, 0.6) is 0 Å². The number of carbonyl (C=O) groups is 1. The number of hydrogen-bond acceptors (Lipinski definition) is 3. The van der Waals surface area contributed by atoms with Crippen molar-refractivity contribution in [2.75, 3.05) is 42.9 Å². The molecule has 1 saturated heterocycles. The van der Waals surface area contributed by atoms with Gasteiger partial charge in [-0.05, 0) is 41.8 Å². The van der Waals surface area contributed by atoms with Gasteiger partial charge in [0.25, 0.3) is 0 Å². The predicted molar refractivity (Wildman–Crippen MR) is 114 cm³/mol. The number of rotatable bonds is 5. The Balaban J connectivity index is 1.48. The Morgan fingerprint density at radius 2 is 1.67 bits per heavy atom. The van der Waals surface area contributed by atoms with Gasteiger partial charge in [0.15, 0.2) is 0 Å². The van der Waals surface area contributed by atoms with Crippen LogP contribution in [0.4, 0.5) is 11.4 Å². The highest BCUT2D eigenvalue weighted by molar-refractivity contribution is 6.42. The Kier molecular flexibility index (Phi) is 6.64. The van der Waals surface area contributed by atoms with E-state index < -0.39 is 0 Å². The van der Waals surface area contributed by atoms with Crippen molar-refractivity contribution in [2.24, 2.45) is 0 Å². The molecule has 3 rings (SSSR count). The molecule has 2 aromatic carbocycles. The van der Waals surface area contributed by atoms with Crippen molar-refractivity contribution in [3.05, 3.63) is 58.1 Å². The molecular weight excluding hydrogens is 381 g/mol. The zero-order valence-corrected chi connectivity index (χ0v) is 17.2. The van der Waals surface area contributed by atoms with Gasteiger partial charge in [-0.1, -0.05) is 49.2 Å². The fourth-order valence-corrected chi connectivity index (χ4v) is 3.49. The highest BCUT2D eigenvalue weighted by Gasteiger charge is 2.19. The van der Waals surface area contributed by atoms with E-state index in [1.54, 1.807) is 0 Å². The third-order valence-electron chi connectivity index (χ3n) is 4.87. The van der Waals surface area contributed by atoms with Crippen LogP contribution in [0.25, 0.3) is 0 Å². The summed E-state index contributed by atoms with van der Waals surface area (Å²) in [4.78, 5) is 16.8. The first-order chi connectivity index (χ1) is 12.9. The van der Waals surface area contributed by atoms with Crippen LogP contribution in [0.15, 0.2) is 42.5 Å². The molecule has 0 aromatic heterocycles. The average Bonchev–Trinajstić information content (AvgIpc) is 2.65. The maximum absolute atomic E-state index is 12.3. The molecule has 1 heterocycles. The van der Waals surface area contributed by atoms with Gasteiger partial charge in [0.2, 0.25) is 5.91 Å². The van der Waals surface area contributed by atoms with Crippen LogP contribution in [0.2, 0.25) is 10.0 Å². The summed E-state index contributed by atoms with van der Waals surface area (Å²) in [5, 5.41) is 4.12. The Bertz CT molecular complexity index is 785. The lowest BCUT2D eigenvalue weighted by Gasteiger charge is -2.35. The smallest absolute Gasteiger partial charge is 0.238 e. The molecule has 0 aliphatic carbocycles. The molecule has 1 aliphatic heterocycles. The Morgan fingerprint density at radius 1 is 1.00 bits per heavy atom. The minimum atomic E-state index is 0.0234.